The molecule has 108 valence electrons. The summed E-state index contributed by atoms with van der Waals surface area (Å²) in [6, 6.07) is 3.07. The molecule has 0 saturated carbocycles. The van der Waals surface area contributed by atoms with E-state index in [0.29, 0.717) is 13.2 Å². The number of amidine groups is 1. The summed E-state index contributed by atoms with van der Waals surface area (Å²) in [7, 11) is 0. The zero-order valence-corrected chi connectivity index (χ0v) is 10.6. The van der Waals surface area contributed by atoms with Crippen molar-refractivity contribution in [3.8, 4) is 0 Å². The number of nitrogens with two attached hydrogens (primary N) is 1. The van der Waals surface area contributed by atoms with Gasteiger partial charge in [-0.25, -0.2) is 9.18 Å². The van der Waals surface area contributed by atoms with Crippen molar-refractivity contribution in [3.63, 3.8) is 0 Å². The van der Waals surface area contributed by atoms with Gasteiger partial charge in [-0.3, -0.25) is 0 Å². The summed E-state index contributed by atoms with van der Waals surface area (Å²) in [4.78, 5) is 11.8. The van der Waals surface area contributed by atoms with Gasteiger partial charge >= 0.3 is 6.03 Å². The second-order valence-corrected chi connectivity index (χ2v) is 4.33. The van der Waals surface area contributed by atoms with E-state index >= 15 is 0 Å². The van der Waals surface area contributed by atoms with E-state index in [4.69, 9.17) is 15.7 Å². The number of ether oxygens (including phenoxy) is 1. The van der Waals surface area contributed by atoms with Crippen molar-refractivity contribution in [2.24, 2.45) is 10.9 Å². The van der Waals surface area contributed by atoms with Gasteiger partial charge in [-0.1, -0.05) is 5.16 Å². The van der Waals surface area contributed by atoms with Gasteiger partial charge in [0.05, 0.1) is 18.3 Å². The SMILES string of the molecule is N/C(=N/O)c1cc(F)ccc1NC(=O)NC1CCOC1. The maximum Gasteiger partial charge on any atom is 0.319 e. The van der Waals surface area contributed by atoms with Crippen LogP contribution in [0.15, 0.2) is 23.4 Å². The molecular weight excluding hydrogens is 267 g/mol. The Balaban J connectivity index is 2.09. The molecule has 20 heavy (non-hydrogen) atoms. The number of hydrogen-bond acceptors (Lipinski definition) is 4. The maximum absolute atomic E-state index is 13.2. The lowest BCUT2D eigenvalue weighted by molar-refractivity contribution is 0.189. The largest absolute Gasteiger partial charge is 0.409 e. The molecule has 2 rings (SSSR count). The Labute approximate surface area is 114 Å². The number of nitrogens with zero attached hydrogens (tertiary/aromatic N) is 1. The number of rotatable bonds is 3. The lowest BCUT2D eigenvalue weighted by Crippen LogP contribution is -2.38. The van der Waals surface area contributed by atoms with Gasteiger partial charge in [0, 0.05) is 12.2 Å². The van der Waals surface area contributed by atoms with Crippen molar-refractivity contribution < 1.29 is 19.1 Å². The zero-order valence-electron chi connectivity index (χ0n) is 10.6. The number of carbonyl (C=O) groups excluding carboxylic acids is 1. The standard InChI is InChI=1S/C12H15FN4O3/c13-7-1-2-10(9(5-7)11(14)17-19)16-12(18)15-8-3-4-20-6-8/h1-2,5,8,19H,3-4,6H2,(H2,14,17)(H2,15,16,18). The molecule has 1 aromatic carbocycles. The van der Waals surface area contributed by atoms with Gasteiger partial charge in [0.15, 0.2) is 5.84 Å². The van der Waals surface area contributed by atoms with E-state index < -0.39 is 11.8 Å². The van der Waals surface area contributed by atoms with Gasteiger partial charge in [-0.15, -0.1) is 0 Å². The number of oxime groups is 1. The Hall–Kier alpha value is -2.35. The number of urea groups is 1. The van der Waals surface area contributed by atoms with Crippen molar-refractivity contribution in [1.29, 1.82) is 0 Å². The molecule has 1 saturated heterocycles. The van der Waals surface area contributed by atoms with Gasteiger partial charge in [-0.2, -0.15) is 0 Å². The third-order valence-electron chi connectivity index (χ3n) is 2.88. The van der Waals surface area contributed by atoms with Gasteiger partial charge in [0.2, 0.25) is 0 Å². The maximum atomic E-state index is 13.2. The van der Waals surface area contributed by atoms with Crippen LogP contribution < -0.4 is 16.4 Å². The first-order chi connectivity index (χ1) is 9.60. The minimum Gasteiger partial charge on any atom is -0.409 e. The molecule has 1 aliphatic rings. The Kier molecular flexibility index (Phi) is 4.36. The van der Waals surface area contributed by atoms with Crippen LogP contribution in [0.25, 0.3) is 0 Å². The zero-order chi connectivity index (χ0) is 14.5. The van der Waals surface area contributed by atoms with Gasteiger partial charge in [0.25, 0.3) is 0 Å². The molecule has 7 nitrogen and oxygen atoms in total. The van der Waals surface area contributed by atoms with Crippen molar-refractivity contribution in [3.05, 3.63) is 29.6 Å². The third kappa shape index (κ3) is 3.35. The molecule has 1 aliphatic heterocycles. The highest BCUT2D eigenvalue weighted by Gasteiger charge is 2.18. The molecule has 1 unspecified atom stereocenters. The average molecular weight is 282 g/mol. The molecule has 1 fully saturated rings. The number of carbonyl (C=O) groups is 1. The minimum atomic E-state index is -0.554. The van der Waals surface area contributed by atoms with Gasteiger partial charge in [-0.05, 0) is 24.6 Å². The van der Waals surface area contributed by atoms with Crippen molar-refractivity contribution in [2.75, 3.05) is 18.5 Å². The molecule has 0 aromatic heterocycles. The quantitative estimate of drug-likeness (QED) is 0.285. The normalized spacial score (nSPS) is 18.9. The fourth-order valence-corrected chi connectivity index (χ4v) is 1.88. The van der Waals surface area contributed by atoms with E-state index in [9.17, 15) is 9.18 Å². The van der Waals surface area contributed by atoms with Crippen LogP contribution in [0.1, 0.15) is 12.0 Å². The van der Waals surface area contributed by atoms with E-state index in [-0.39, 0.29) is 23.1 Å². The van der Waals surface area contributed by atoms with E-state index in [2.05, 4.69) is 15.8 Å². The van der Waals surface area contributed by atoms with Crippen LogP contribution >= 0.6 is 0 Å². The molecule has 1 aromatic rings. The molecule has 0 aliphatic carbocycles. The fraction of sp³-hybridized carbons (Fsp3) is 0.333. The second kappa shape index (κ2) is 6.20. The van der Waals surface area contributed by atoms with E-state index in [0.717, 1.165) is 12.5 Å². The van der Waals surface area contributed by atoms with E-state index in [1.54, 1.807) is 0 Å². The third-order valence-corrected chi connectivity index (χ3v) is 2.88. The number of nitrogens with one attached hydrogen (secondary N) is 2. The van der Waals surface area contributed by atoms with Crippen LogP contribution in [-0.4, -0.2) is 36.3 Å². The highest BCUT2D eigenvalue weighted by Crippen LogP contribution is 2.17. The highest BCUT2D eigenvalue weighted by molar-refractivity contribution is 6.05. The van der Waals surface area contributed by atoms with Crippen molar-refractivity contribution in [2.45, 2.75) is 12.5 Å². The summed E-state index contributed by atoms with van der Waals surface area (Å²) >= 11 is 0. The Morgan fingerprint density at radius 1 is 1.55 bits per heavy atom. The van der Waals surface area contributed by atoms with Gasteiger partial charge in [0.1, 0.15) is 5.82 Å². The molecule has 0 bridgehead atoms. The molecule has 1 atom stereocenters. The Morgan fingerprint density at radius 3 is 3.00 bits per heavy atom. The van der Waals surface area contributed by atoms with E-state index in [1.807, 2.05) is 0 Å². The number of amides is 2. The fourth-order valence-electron chi connectivity index (χ4n) is 1.88. The lowest BCUT2D eigenvalue weighted by Gasteiger charge is -2.14. The summed E-state index contributed by atoms with van der Waals surface area (Å²) < 4.78 is 18.3. The van der Waals surface area contributed by atoms with Crippen LogP contribution in [-0.2, 0) is 4.74 Å². The molecule has 0 spiro atoms. The first-order valence-electron chi connectivity index (χ1n) is 6.03. The summed E-state index contributed by atoms with van der Waals surface area (Å²) in [5.41, 5.74) is 5.80. The lowest BCUT2D eigenvalue weighted by atomic mass is 10.1. The highest BCUT2D eigenvalue weighted by atomic mass is 19.1. The first-order valence-corrected chi connectivity index (χ1v) is 6.03. The second-order valence-electron chi connectivity index (χ2n) is 4.33. The van der Waals surface area contributed by atoms with Crippen LogP contribution in [0.5, 0.6) is 0 Å². The first kappa shape index (κ1) is 14.1. The molecular formula is C12H15FN4O3. The monoisotopic (exact) mass is 282 g/mol. The van der Waals surface area contributed by atoms with Crippen LogP contribution in [0, 0.1) is 5.82 Å². The Bertz CT molecular complexity index is 529. The topological polar surface area (TPSA) is 109 Å². The van der Waals surface area contributed by atoms with Crippen LogP contribution in [0.4, 0.5) is 14.9 Å². The minimum absolute atomic E-state index is 0.0530. The predicted molar refractivity (Wildman–Crippen MR) is 70.3 cm³/mol. The average Bonchev–Trinajstić information content (AvgIpc) is 2.92. The number of halogens is 1. The van der Waals surface area contributed by atoms with Crippen molar-refractivity contribution >= 4 is 17.6 Å². The molecule has 2 amide bonds. The number of hydrogen-bond donors (Lipinski definition) is 4. The predicted octanol–water partition coefficient (Wildman–Crippen LogP) is 0.831. The van der Waals surface area contributed by atoms with Crippen molar-refractivity contribution in [1.82, 2.24) is 5.32 Å². The molecule has 8 heteroatoms. The van der Waals surface area contributed by atoms with Gasteiger partial charge < -0.3 is 26.3 Å². The van der Waals surface area contributed by atoms with E-state index in [1.165, 1.54) is 12.1 Å². The molecule has 0 radical (unpaired) electrons. The summed E-state index contributed by atoms with van der Waals surface area (Å²) in [6.07, 6.45) is 0.740. The number of benzene rings is 1. The number of anilines is 1. The summed E-state index contributed by atoms with van der Waals surface area (Å²) in [5.74, 6) is -0.842. The summed E-state index contributed by atoms with van der Waals surface area (Å²) in [6.45, 7) is 1.07. The smallest absolute Gasteiger partial charge is 0.319 e. The Morgan fingerprint density at radius 2 is 2.35 bits per heavy atom. The molecule has 1 heterocycles. The molecule has 5 N–H and O–H groups in total. The summed E-state index contributed by atoms with van der Waals surface area (Å²) in [5, 5.41) is 16.7. The van der Waals surface area contributed by atoms with Crippen LogP contribution in [0.3, 0.4) is 0 Å². The van der Waals surface area contributed by atoms with Crippen LogP contribution in [0.2, 0.25) is 0 Å².